The van der Waals surface area contributed by atoms with Crippen molar-refractivity contribution in [2.45, 2.75) is 20.0 Å². The lowest BCUT2D eigenvalue weighted by molar-refractivity contribution is 0.209. The van der Waals surface area contributed by atoms with Crippen LogP contribution in [0.15, 0.2) is 36.4 Å². The predicted molar refractivity (Wildman–Crippen MR) is 105 cm³/mol. The summed E-state index contributed by atoms with van der Waals surface area (Å²) in [6.07, 6.45) is 0. The number of carbonyl (C=O) groups excluding carboxylic acids is 1. The van der Waals surface area contributed by atoms with Gasteiger partial charge in [-0.15, -0.1) is 0 Å². The van der Waals surface area contributed by atoms with Gasteiger partial charge in [-0.2, -0.15) is 0 Å². The van der Waals surface area contributed by atoms with Crippen LogP contribution in [0.5, 0.6) is 0 Å². The summed E-state index contributed by atoms with van der Waals surface area (Å²) < 4.78 is 27.1. The highest BCUT2D eigenvalue weighted by Crippen LogP contribution is 2.26. The fourth-order valence-electron chi connectivity index (χ4n) is 3.85. The minimum absolute atomic E-state index is 0.0536. The van der Waals surface area contributed by atoms with Crippen LogP contribution in [0.1, 0.15) is 18.1 Å². The lowest BCUT2D eigenvalue weighted by Crippen LogP contribution is -2.46. The SMILES string of the molecule is CCN1Cc2ccc(CN3CCN(c4ccc(F)cc4F)CC3)cc2NC1=O. The second kappa shape index (κ2) is 7.75. The molecule has 0 aliphatic carbocycles. The van der Waals surface area contributed by atoms with Crippen molar-refractivity contribution < 1.29 is 13.6 Å². The number of piperazine rings is 1. The standard InChI is InChI=1S/C21H24F2N4O/c1-2-26-14-16-4-3-15(11-19(16)24-21(26)28)13-25-7-9-27(10-8-25)20-6-5-17(22)12-18(20)23/h3-6,11-12H,2,7-10,13-14H2,1H3,(H,24,28). The van der Waals surface area contributed by atoms with Crippen LogP contribution < -0.4 is 10.2 Å². The number of anilines is 2. The molecule has 2 aromatic carbocycles. The molecule has 2 aromatic rings. The van der Waals surface area contributed by atoms with Gasteiger partial charge in [-0.1, -0.05) is 12.1 Å². The molecule has 2 aliphatic heterocycles. The highest BCUT2D eigenvalue weighted by atomic mass is 19.1. The van der Waals surface area contributed by atoms with E-state index in [0.717, 1.165) is 42.5 Å². The fourth-order valence-corrected chi connectivity index (χ4v) is 3.85. The lowest BCUT2D eigenvalue weighted by atomic mass is 10.1. The van der Waals surface area contributed by atoms with Gasteiger partial charge in [0.2, 0.25) is 0 Å². The number of hydrogen-bond donors (Lipinski definition) is 1. The summed E-state index contributed by atoms with van der Waals surface area (Å²) in [7, 11) is 0. The number of benzene rings is 2. The van der Waals surface area contributed by atoms with Gasteiger partial charge in [-0.3, -0.25) is 4.90 Å². The van der Waals surface area contributed by atoms with Crippen LogP contribution in [0.4, 0.5) is 25.0 Å². The quantitative estimate of drug-likeness (QED) is 0.872. The van der Waals surface area contributed by atoms with Gasteiger partial charge in [0.1, 0.15) is 11.6 Å². The maximum atomic E-state index is 14.0. The van der Waals surface area contributed by atoms with E-state index in [1.54, 1.807) is 4.90 Å². The van der Waals surface area contributed by atoms with E-state index in [0.29, 0.717) is 31.9 Å². The molecule has 7 heteroatoms. The number of rotatable bonds is 4. The Morgan fingerprint density at radius 1 is 1.04 bits per heavy atom. The van der Waals surface area contributed by atoms with Crippen molar-refractivity contribution in [2.75, 3.05) is 42.9 Å². The first-order valence-corrected chi connectivity index (χ1v) is 9.63. The monoisotopic (exact) mass is 386 g/mol. The molecular weight excluding hydrogens is 362 g/mol. The molecule has 1 fully saturated rings. The van der Waals surface area contributed by atoms with E-state index in [9.17, 15) is 13.6 Å². The smallest absolute Gasteiger partial charge is 0.322 e. The zero-order valence-corrected chi connectivity index (χ0v) is 15.9. The first-order valence-electron chi connectivity index (χ1n) is 9.63. The molecule has 0 unspecified atom stereocenters. The van der Waals surface area contributed by atoms with Gasteiger partial charge < -0.3 is 15.1 Å². The van der Waals surface area contributed by atoms with Crippen LogP contribution in [-0.2, 0) is 13.1 Å². The number of urea groups is 1. The Morgan fingerprint density at radius 2 is 1.82 bits per heavy atom. The largest absolute Gasteiger partial charge is 0.367 e. The van der Waals surface area contributed by atoms with E-state index in [-0.39, 0.29) is 6.03 Å². The summed E-state index contributed by atoms with van der Waals surface area (Å²) in [5.41, 5.74) is 3.62. The third-order valence-corrected chi connectivity index (χ3v) is 5.47. The van der Waals surface area contributed by atoms with Crippen molar-refractivity contribution in [1.29, 1.82) is 0 Å². The van der Waals surface area contributed by atoms with Crippen LogP contribution in [0, 0.1) is 11.6 Å². The van der Waals surface area contributed by atoms with Gasteiger partial charge in [0.15, 0.2) is 0 Å². The Kier molecular flexibility index (Phi) is 5.17. The van der Waals surface area contributed by atoms with Crippen LogP contribution in [0.2, 0.25) is 0 Å². The number of carbonyl (C=O) groups is 1. The normalized spacial score (nSPS) is 17.5. The molecular formula is C21H24F2N4O. The van der Waals surface area contributed by atoms with E-state index < -0.39 is 11.6 Å². The molecule has 5 nitrogen and oxygen atoms in total. The van der Waals surface area contributed by atoms with Gasteiger partial charge >= 0.3 is 6.03 Å². The van der Waals surface area contributed by atoms with Crippen LogP contribution >= 0.6 is 0 Å². The molecule has 2 aliphatic rings. The van der Waals surface area contributed by atoms with E-state index in [2.05, 4.69) is 22.3 Å². The Balaban J connectivity index is 1.38. The molecule has 2 amide bonds. The van der Waals surface area contributed by atoms with Gasteiger partial charge in [-0.25, -0.2) is 13.6 Å². The number of amides is 2. The molecule has 0 bridgehead atoms. The van der Waals surface area contributed by atoms with Gasteiger partial charge in [-0.05, 0) is 36.2 Å². The van der Waals surface area contributed by atoms with E-state index >= 15 is 0 Å². The number of fused-ring (bicyclic) bond motifs is 1. The van der Waals surface area contributed by atoms with E-state index in [1.165, 1.54) is 12.1 Å². The Hall–Kier alpha value is -2.67. The first kappa shape index (κ1) is 18.7. The van der Waals surface area contributed by atoms with Gasteiger partial charge in [0.05, 0.1) is 5.69 Å². The minimum Gasteiger partial charge on any atom is -0.367 e. The number of halogens is 2. The fraction of sp³-hybridized carbons (Fsp3) is 0.381. The molecule has 0 saturated carbocycles. The van der Waals surface area contributed by atoms with Gasteiger partial charge in [0, 0.05) is 57.6 Å². The average Bonchev–Trinajstić information content (AvgIpc) is 2.68. The Labute approximate surface area is 163 Å². The average molecular weight is 386 g/mol. The maximum Gasteiger partial charge on any atom is 0.322 e. The molecule has 28 heavy (non-hydrogen) atoms. The lowest BCUT2D eigenvalue weighted by Gasteiger charge is -2.36. The van der Waals surface area contributed by atoms with Crippen molar-refractivity contribution in [3.05, 3.63) is 59.2 Å². The van der Waals surface area contributed by atoms with E-state index in [1.807, 2.05) is 17.9 Å². The van der Waals surface area contributed by atoms with Crippen LogP contribution in [0.25, 0.3) is 0 Å². The third kappa shape index (κ3) is 3.80. The molecule has 0 spiro atoms. The molecule has 0 aromatic heterocycles. The van der Waals surface area contributed by atoms with Crippen molar-refractivity contribution in [1.82, 2.24) is 9.80 Å². The summed E-state index contributed by atoms with van der Waals surface area (Å²) in [5.74, 6) is -1.07. The molecule has 1 saturated heterocycles. The number of nitrogens with one attached hydrogen (secondary N) is 1. The second-order valence-electron chi connectivity index (χ2n) is 7.29. The summed E-state index contributed by atoms with van der Waals surface area (Å²) in [6.45, 7) is 7.04. The Morgan fingerprint density at radius 3 is 2.54 bits per heavy atom. The minimum atomic E-state index is -0.554. The molecule has 0 atom stereocenters. The maximum absolute atomic E-state index is 14.0. The zero-order chi connectivity index (χ0) is 19.7. The highest BCUT2D eigenvalue weighted by Gasteiger charge is 2.23. The summed E-state index contributed by atoms with van der Waals surface area (Å²) >= 11 is 0. The summed E-state index contributed by atoms with van der Waals surface area (Å²) in [6, 6.07) is 9.92. The van der Waals surface area contributed by atoms with Crippen LogP contribution in [-0.4, -0.2) is 48.6 Å². The molecule has 148 valence electrons. The highest BCUT2D eigenvalue weighted by molar-refractivity contribution is 5.92. The number of hydrogen-bond acceptors (Lipinski definition) is 3. The zero-order valence-electron chi connectivity index (χ0n) is 15.9. The van der Waals surface area contributed by atoms with Crippen molar-refractivity contribution in [2.24, 2.45) is 0 Å². The molecule has 0 radical (unpaired) electrons. The molecule has 4 rings (SSSR count). The van der Waals surface area contributed by atoms with Crippen molar-refractivity contribution >= 4 is 17.4 Å². The summed E-state index contributed by atoms with van der Waals surface area (Å²) in [5, 5.41) is 2.97. The van der Waals surface area contributed by atoms with Crippen LogP contribution in [0.3, 0.4) is 0 Å². The molecule has 2 heterocycles. The second-order valence-corrected chi connectivity index (χ2v) is 7.29. The van der Waals surface area contributed by atoms with Crippen molar-refractivity contribution in [3.8, 4) is 0 Å². The number of nitrogens with zero attached hydrogens (tertiary/aromatic N) is 3. The van der Waals surface area contributed by atoms with E-state index in [4.69, 9.17) is 0 Å². The Bertz CT molecular complexity index is 881. The van der Waals surface area contributed by atoms with Crippen molar-refractivity contribution in [3.63, 3.8) is 0 Å². The first-order chi connectivity index (χ1) is 13.5. The predicted octanol–water partition coefficient (Wildman–Crippen LogP) is 3.65. The summed E-state index contributed by atoms with van der Waals surface area (Å²) in [4.78, 5) is 18.1. The van der Waals surface area contributed by atoms with Gasteiger partial charge in [0.25, 0.3) is 0 Å². The third-order valence-electron chi connectivity index (χ3n) is 5.47. The topological polar surface area (TPSA) is 38.8 Å². The molecule has 1 N–H and O–H groups in total.